The van der Waals surface area contributed by atoms with Crippen LogP contribution in [0.4, 0.5) is 0 Å². The van der Waals surface area contributed by atoms with Gasteiger partial charge in [0.2, 0.25) is 0 Å². The standard InChI is InChI=1S/C19H20ClN3O3/c1-3-22-18(24)13-10-21-15-12(8-9-14(20)17(15)26-2)16(13)23(19(22)25)11-6-4-5-7-11/h8-11H,3-7H2,1-2H3. The van der Waals surface area contributed by atoms with Crippen LogP contribution >= 0.6 is 11.6 Å². The number of rotatable bonds is 3. The summed E-state index contributed by atoms with van der Waals surface area (Å²) in [5, 5.41) is 1.62. The molecule has 4 rings (SSSR count). The molecule has 136 valence electrons. The van der Waals surface area contributed by atoms with Crippen LogP contribution in [0.5, 0.6) is 5.75 Å². The number of aromatic nitrogens is 3. The smallest absolute Gasteiger partial charge is 0.331 e. The molecule has 0 aliphatic heterocycles. The number of pyridine rings is 1. The SMILES string of the molecule is CCn1c(=O)c2cnc3c(OC)c(Cl)ccc3c2n(C2CCCC2)c1=O. The van der Waals surface area contributed by atoms with Gasteiger partial charge in [0.1, 0.15) is 5.52 Å². The molecule has 26 heavy (non-hydrogen) atoms. The minimum atomic E-state index is -0.301. The van der Waals surface area contributed by atoms with E-state index in [9.17, 15) is 9.59 Å². The van der Waals surface area contributed by atoms with E-state index in [2.05, 4.69) is 4.98 Å². The lowest BCUT2D eigenvalue weighted by Crippen LogP contribution is -2.40. The predicted octanol–water partition coefficient (Wildman–Crippen LogP) is 3.51. The first kappa shape index (κ1) is 17.1. The van der Waals surface area contributed by atoms with E-state index in [0.717, 1.165) is 25.7 Å². The van der Waals surface area contributed by atoms with Crippen LogP contribution in [0.1, 0.15) is 38.6 Å². The van der Waals surface area contributed by atoms with Crippen LogP contribution in [0.3, 0.4) is 0 Å². The third kappa shape index (κ3) is 2.35. The molecule has 1 saturated carbocycles. The molecule has 3 aromatic rings. The van der Waals surface area contributed by atoms with Gasteiger partial charge in [0, 0.05) is 24.2 Å². The topological polar surface area (TPSA) is 66.1 Å². The normalized spacial score (nSPS) is 15.2. The van der Waals surface area contributed by atoms with Gasteiger partial charge in [-0.25, -0.2) is 4.79 Å². The van der Waals surface area contributed by atoms with Crippen molar-refractivity contribution in [2.45, 2.75) is 45.2 Å². The molecule has 0 atom stereocenters. The maximum Gasteiger partial charge on any atom is 0.331 e. The summed E-state index contributed by atoms with van der Waals surface area (Å²) in [4.78, 5) is 30.4. The lowest BCUT2D eigenvalue weighted by atomic mass is 10.1. The zero-order valence-electron chi connectivity index (χ0n) is 14.8. The Balaban J connectivity index is 2.25. The summed E-state index contributed by atoms with van der Waals surface area (Å²) in [6.45, 7) is 2.15. The number of benzene rings is 1. The van der Waals surface area contributed by atoms with Gasteiger partial charge in [-0.15, -0.1) is 0 Å². The second-order valence-corrected chi connectivity index (χ2v) is 7.04. The zero-order valence-corrected chi connectivity index (χ0v) is 15.5. The molecule has 0 spiro atoms. The number of halogens is 1. The molecule has 1 aliphatic rings. The van der Waals surface area contributed by atoms with E-state index in [-0.39, 0.29) is 17.3 Å². The van der Waals surface area contributed by atoms with Gasteiger partial charge < -0.3 is 4.74 Å². The van der Waals surface area contributed by atoms with Crippen molar-refractivity contribution in [3.8, 4) is 5.75 Å². The van der Waals surface area contributed by atoms with Crippen molar-refractivity contribution in [1.29, 1.82) is 0 Å². The van der Waals surface area contributed by atoms with Gasteiger partial charge in [-0.2, -0.15) is 0 Å². The maximum absolute atomic E-state index is 13.1. The van der Waals surface area contributed by atoms with Crippen LogP contribution in [-0.2, 0) is 6.54 Å². The number of hydrogen-bond acceptors (Lipinski definition) is 4. The lowest BCUT2D eigenvalue weighted by Gasteiger charge is -2.20. The Morgan fingerprint density at radius 3 is 2.62 bits per heavy atom. The highest BCUT2D eigenvalue weighted by Gasteiger charge is 2.25. The molecule has 2 heterocycles. The Labute approximate surface area is 155 Å². The van der Waals surface area contributed by atoms with E-state index in [1.807, 2.05) is 13.0 Å². The average molecular weight is 374 g/mol. The molecule has 1 aromatic carbocycles. The number of methoxy groups -OCH3 is 1. The highest BCUT2D eigenvalue weighted by molar-refractivity contribution is 6.33. The number of ether oxygens (including phenoxy) is 1. The second kappa shape index (κ2) is 6.43. The van der Waals surface area contributed by atoms with E-state index in [1.54, 1.807) is 10.6 Å². The summed E-state index contributed by atoms with van der Waals surface area (Å²) in [6, 6.07) is 3.63. The van der Waals surface area contributed by atoms with Gasteiger partial charge in [0.15, 0.2) is 5.75 Å². The number of fused-ring (bicyclic) bond motifs is 3. The summed E-state index contributed by atoms with van der Waals surface area (Å²) in [5.41, 5.74) is 0.646. The van der Waals surface area contributed by atoms with Gasteiger partial charge in [0.05, 0.1) is 23.0 Å². The molecule has 0 amide bonds. The van der Waals surface area contributed by atoms with Crippen molar-refractivity contribution >= 4 is 33.4 Å². The molecule has 0 saturated heterocycles. The lowest BCUT2D eigenvalue weighted by molar-refractivity contribution is 0.419. The van der Waals surface area contributed by atoms with Gasteiger partial charge in [-0.1, -0.05) is 24.4 Å². The summed E-state index contributed by atoms with van der Waals surface area (Å²) in [5.74, 6) is 0.455. The molecule has 0 bridgehead atoms. The summed E-state index contributed by atoms with van der Waals surface area (Å²) >= 11 is 6.23. The minimum Gasteiger partial charge on any atom is -0.493 e. The molecule has 0 radical (unpaired) electrons. The van der Waals surface area contributed by atoms with Crippen LogP contribution in [0, 0.1) is 0 Å². The first-order chi connectivity index (χ1) is 12.6. The predicted molar refractivity (Wildman–Crippen MR) is 103 cm³/mol. The first-order valence-corrected chi connectivity index (χ1v) is 9.26. The van der Waals surface area contributed by atoms with Crippen molar-refractivity contribution in [3.05, 3.63) is 44.2 Å². The third-order valence-electron chi connectivity index (χ3n) is 5.28. The molecular formula is C19H20ClN3O3. The highest BCUT2D eigenvalue weighted by atomic mass is 35.5. The van der Waals surface area contributed by atoms with Gasteiger partial charge in [0.25, 0.3) is 5.56 Å². The van der Waals surface area contributed by atoms with Crippen LogP contribution in [0.15, 0.2) is 27.9 Å². The maximum atomic E-state index is 13.1. The van der Waals surface area contributed by atoms with Gasteiger partial charge in [-0.05, 0) is 31.9 Å². The van der Waals surface area contributed by atoms with Crippen LogP contribution in [0.25, 0.3) is 21.8 Å². The fraction of sp³-hybridized carbons (Fsp3) is 0.421. The van der Waals surface area contributed by atoms with E-state index in [4.69, 9.17) is 16.3 Å². The average Bonchev–Trinajstić information content (AvgIpc) is 3.16. The quantitative estimate of drug-likeness (QED) is 0.659. The van der Waals surface area contributed by atoms with E-state index in [1.165, 1.54) is 17.9 Å². The molecule has 6 nitrogen and oxygen atoms in total. The zero-order chi connectivity index (χ0) is 18.4. The van der Waals surface area contributed by atoms with Crippen molar-refractivity contribution < 1.29 is 4.74 Å². The monoisotopic (exact) mass is 373 g/mol. The molecule has 7 heteroatoms. The fourth-order valence-corrected chi connectivity index (χ4v) is 4.28. The molecule has 2 aromatic heterocycles. The fourth-order valence-electron chi connectivity index (χ4n) is 4.05. The Hall–Kier alpha value is -2.34. The molecule has 0 unspecified atom stereocenters. The first-order valence-electron chi connectivity index (χ1n) is 8.88. The Morgan fingerprint density at radius 2 is 1.96 bits per heavy atom. The van der Waals surface area contributed by atoms with Gasteiger partial charge >= 0.3 is 5.69 Å². The summed E-state index contributed by atoms with van der Waals surface area (Å²) in [7, 11) is 1.53. The van der Waals surface area contributed by atoms with E-state index < -0.39 is 0 Å². The van der Waals surface area contributed by atoms with E-state index in [0.29, 0.717) is 39.1 Å². The minimum absolute atomic E-state index is 0.0932. The highest BCUT2D eigenvalue weighted by Crippen LogP contribution is 2.36. The summed E-state index contributed by atoms with van der Waals surface area (Å²) < 4.78 is 8.50. The largest absolute Gasteiger partial charge is 0.493 e. The number of nitrogens with zero attached hydrogens (tertiary/aromatic N) is 3. The van der Waals surface area contributed by atoms with Crippen molar-refractivity contribution in [3.63, 3.8) is 0 Å². The third-order valence-corrected chi connectivity index (χ3v) is 5.58. The Bertz CT molecular complexity index is 1130. The van der Waals surface area contributed by atoms with Crippen LogP contribution < -0.4 is 16.0 Å². The van der Waals surface area contributed by atoms with Crippen molar-refractivity contribution in [2.75, 3.05) is 7.11 Å². The summed E-state index contributed by atoms with van der Waals surface area (Å²) in [6.07, 6.45) is 5.58. The number of hydrogen-bond donors (Lipinski definition) is 0. The van der Waals surface area contributed by atoms with Crippen LogP contribution in [0.2, 0.25) is 5.02 Å². The Kier molecular flexibility index (Phi) is 4.23. The van der Waals surface area contributed by atoms with E-state index >= 15 is 0 Å². The molecule has 0 N–H and O–H groups in total. The molecule has 1 aliphatic carbocycles. The van der Waals surface area contributed by atoms with Crippen LogP contribution in [-0.4, -0.2) is 21.2 Å². The molecule has 1 fully saturated rings. The van der Waals surface area contributed by atoms with Gasteiger partial charge in [-0.3, -0.25) is 18.9 Å². The van der Waals surface area contributed by atoms with Crippen molar-refractivity contribution in [1.82, 2.24) is 14.1 Å². The molecular weight excluding hydrogens is 354 g/mol. The second-order valence-electron chi connectivity index (χ2n) is 6.64. The van der Waals surface area contributed by atoms with Crippen molar-refractivity contribution in [2.24, 2.45) is 0 Å². The Morgan fingerprint density at radius 1 is 1.23 bits per heavy atom.